The molecule has 0 saturated heterocycles. The summed E-state index contributed by atoms with van der Waals surface area (Å²) in [6.07, 6.45) is 5.95. The second-order valence-electron chi connectivity index (χ2n) is 5.55. The van der Waals surface area contributed by atoms with E-state index in [1.807, 2.05) is 0 Å². The van der Waals surface area contributed by atoms with Crippen molar-refractivity contribution in [2.45, 2.75) is 56.6 Å². The van der Waals surface area contributed by atoms with E-state index in [1.165, 1.54) is 0 Å². The van der Waals surface area contributed by atoms with Crippen LogP contribution < -0.4 is 5.32 Å². The number of rotatable bonds is 4. The molecule has 0 aromatic carbocycles. The van der Waals surface area contributed by atoms with Crippen molar-refractivity contribution in [2.75, 3.05) is 6.54 Å². The molecule has 102 valence electrons. The number of hydrogen-bond donors (Lipinski definition) is 2. The highest BCUT2D eigenvalue weighted by Crippen LogP contribution is 2.33. The molecule has 2 aliphatic rings. The number of amides is 1. The first-order chi connectivity index (χ1) is 8.52. The predicted octanol–water partition coefficient (Wildman–Crippen LogP) is 0.853. The maximum atomic E-state index is 11.7. The number of carbonyl (C=O) groups is 1. The van der Waals surface area contributed by atoms with E-state index in [2.05, 4.69) is 5.32 Å². The highest BCUT2D eigenvalue weighted by Gasteiger charge is 2.53. The average molecular weight is 256 g/mol. The molecule has 2 N–H and O–H groups in total. The Morgan fingerprint density at radius 1 is 1.33 bits per heavy atom. The quantitative estimate of drug-likeness (QED) is 0.443. The van der Waals surface area contributed by atoms with Crippen LogP contribution in [0.5, 0.6) is 0 Å². The third-order valence-corrected chi connectivity index (χ3v) is 3.99. The fourth-order valence-corrected chi connectivity index (χ4v) is 2.64. The SMILES string of the molecule is O=C(NCC1(O)CCCCCC1)[C@@H]1C[C@@H]1[N+](=O)[O-]. The molecular formula is C12H20N2O4. The lowest BCUT2D eigenvalue weighted by Crippen LogP contribution is -2.43. The van der Waals surface area contributed by atoms with Crippen LogP contribution >= 0.6 is 0 Å². The molecule has 0 radical (unpaired) electrons. The lowest BCUT2D eigenvalue weighted by atomic mass is 9.94. The van der Waals surface area contributed by atoms with E-state index < -0.39 is 22.5 Å². The fourth-order valence-electron chi connectivity index (χ4n) is 2.64. The molecule has 2 aliphatic carbocycles. The van der Waals surface area contributed by atoms with Gasteiger partial charge in [0.25, 0.3) is 0 Å². The summed E-state index contributed by atoms with van der Waals surface area (Å²) in [7, 11) is 0. The monoisotopic (exact) mass is 256 g/mol. The van der Waals surface area contributed by atoms with Crippen LogP contribution in [-0.2, 0) is 4.79 Å². The highest BCUT2D eigenvalue weighted by atomic mass is 16.6. The first-order valence-electron chi connectivity index (χ1n) is 6.65. The molecule has 0 aromatic heterocycles. The third kappa shape index (κ3) is 3.19. The largest absolute Gasteiger partial charge is 0.388 e. The smallest absolute Gasteiger partial charge is 0.230 e. The Hall–Kier alpha value is -1.17. The fraction of sp³-hybridized carbons (Fsp3) is 0.917. The van der Waals surface area contributed by atoms with E-state index in [0.29, 0.717) is 19.3 Å². The Labute approximate surface area is 106 Å². The van der Waals surface area contributed by atoms with Crippen molar-refractivity contribution in [3.05, 3.63) is 10.1 Å². The van der Waals surface area contributed by atoms with E-state index in [4.69, 9.17) is 0 Å². The minimum atomic E-state index is -0.814. The summed E-state index contributed by atoms with van der Waals surface area (Å²) in [6.45, 7) is 0.229. The van der Waals surface area contributed by atoms with Crippen molar-refractivity contribution in [3.8, 4) is 0 Å². The number of nitrogens with zero attached hydrogens (tertiary/aromatic N) is 1. The van der Waals surface area contributed by atoms with Gasteiger partial charge in [-0.25, -0.2) is 0 Å². The molecule has 0 aliphatic heterocycles. The number of nitro groups is 1. The molecule has 2 fully saturated rings. The second kappa shape index (κ2) is 5.22. The van der Waals surface area contributed by atoms with Gasteiger partial charge >= 0.3 is 0 Å². The number of aliphatic hydroxyl groups is 1. The van der Waals surface area contributed by atoms with Crippen molar-refractivity contribution < 1.29 is 14.8 Å². The van der Waals surface area contributed by atoms with Crippen LogP contribution in [0, 0.1) is 16.0 Å². The molecule has 0 unspecified atom stereocenters. The molecular weight excluding hydrogens is 236 g/mol. The maximum absolute atomic E-state index is 11.7. The van der Waals surface area contributed by atoms with Gasteiger partial charge in [-0.15, -0.1) is 0 Å². The van der Waals surface area contributed by atoms with Crippen molar-refractivity contribution in [2.24, 2.45) is 5.92 Å². The van der Waals surface area contributed by atoms with E-state index in [0.717, 1.165) is 25.7 Å². The molecule has 0 heterocycles. The van der Waals surface area contributed by atoms with Crippen LogP contribution in [0.3, 0.4) is 0 Å². The van der Waals surface area contributed by atoms with Gasteiger partial charge in [0.2, 0.25) is 11.9 Å². The first kappa shape index (κ1) is 13.3. The number of nitrogens with one attached hydrogen (secondary N) is 1. The van der Waals surface area contributed by atoms with Crippen LogP contribution in [0.25, 0.3) is 0 Å². The molecule has 0 spiro atoms. The van der Waals surface area contributed by atoms with Crippen LogP contribution in [0.2, 0.25) is 0 Å². The zero-order valence-electron chi connectivity index (χ0n) is 10.4. The van der Waals surface area contributed by atoms with Gasteiger partial charge in [0.1, 0.15) is 5.92 Å². The van der Waals surface area contributed by atoms with Gasteiger partial charge in [-0.1, -0.05) is 25.7 Å². The van der Waals surface area contributed by atoms with Gasteiger partial charge in [0.05, 0.1) is 5.60 Å². The Morgan fingerprint density at radius 3 is 2.44 bits per heavy atom. The summed E-state index contributed by atoms with van der Waals surface area (Å²) >= 11 is 0. The van der Waals surface area contributed by atoms with E-state index in [1.54, 1.807) is 0 Å². The highest BCUT2D eigenvalue weighted by molar-refractivity contribution is 5.82. The standard InChI is InChI=1S/C12H20N2O4/c15-11(9-7-10(9)14(17)18)13-8-12(16)5-3-1-2-4-6-12/h9-10,16H,1-8H2,(H,13,15)/t9-,10+/m1/s1. The minimum Gasteiger partial charge on any atom is -0.388 e. The zero-order valence-corrected chi connectivity index (χ0v) is 10.4. The molecule has 2 atom stereocenters. The van der Waals surface area contributed by atoms with Gasteiger partial charge < -0.3 is 10.4 Å². The molecule has 0 bridgehead atoms. The molecule has 6 nitrogen and oxygen atoms in total. The van der Waals surface area contributed by atoms with Crippen LogP contribution in [0.1, 0.15) is 44.9 Å². The molecule has 1 amide bonds. The topological polar surface area (TPSA) is 92.5 Å². The molecule has 2 rings (SSSR count). The maximum Gasteiger partial charge on any atom is 0.230 e. The van der Waals surface area contributed by atoms with Crippen molar-refractivity contribution in [3.63, 3.8) is 0 Å². The second-order valence-corrected chi connectivity index (χ2v) is 5.55. The lowest BCUT2D eigenvalue weighted by molar-refractivity contribution is -0.497. The van der Waals surface area contributed by atoms with E-state index in [-0.39, 0.29) is 12.5 Å². The summed E-state index contributed by atoms with van der Waals surface area (Å²) in [5.41, 5.74) is -0.814. The molecule has 18 heavy (non-hydrogen) atoms. The van der Waals surface area contributed by atoms with Gasteiger partial charge in [0, 0.05) is 17.9 Å². The van der Waals surface area contributed by atoms with Gasteiger partial charge in [-0.2, -0.15) is 0 Å². The van der Waals surface area contributed by atoms with Crippen LogP contribution in [0.4, 0.5) is 0 Å². The van der Waals surface area contributed by atoms with Crippen molar-refractivity contribution >= 4 is 5.91 Å². The molecule has 0 aromatic rings. The Bertz CT molecular complexity index is 337. The Balaban J connectivity index is 1.77. The Kier molecular flexibility index (Phi) is 3.85. The summed E-state index contributed by atoms with van der Waals surface area (Å²) in [6, 6.07) is -0.714. The van der Waals surface area contributed by atoms with Crippen molar-refractivity contribution in [1.29, 1.82) is 0 Å². The summed E-state index contributed by atoms with van der Waals surface area (Å²) in [4.78, 5) is 21.7. The normalized spacial score (nSPS) is 30.3. The first-order valence-corrected chi connectivity index (χ1v) is 6.65. The van der Waals surface area contributed by atoms with Gasteiger partial charge in [-0.05, 0) is 12.8 Å². The van der Waals surface area contributed by atoms with Gasteiger partial charge in [0.15, 0.2) is 0 Å². The summed E-state index contributed by atoms with van der Waals surface area (Å²) in [5, 5.41) is 23.5. The van der Waals surface area contributed by atoms with E-state index in [9.17, 15) is 20.0 Å². The average Bonchev–Trinajstić information content (AvgIpc) is 3.10. The minimum absolute atomic E-state index is 0.229. The molecule has 6 heteroatoms. The van der Waals surface area contributed by atoms with Gasteiger partial charge in [-0.3, -0.25) is 14.9 Å². The predicted molar refractivity (Wildman–Crippen MR) is 64.6 cm³/mol. The summed E-state index contributed by atoms with van der Waals surface area (Å²) in [5.74, 6) is -0.774. The van der Waals surface area contributed by atoms with Crippen molar-refractivity contribution in [1.82, 2.24) is 5.32 Å². The third-order valence-electron chi connectivity index (χ3n) is 3.99. The number of hydrogen-bond acceptors (Lipinski definition) is 4. The zero-order chi connectivity index (χ0) is 13.2. The molecule has 2 saturated carbocycles. The Morgan fingerprint density at radius 2 is 1.94 bits per heavy atom. The van der Waals surface area contributed by atoms with Crippen LogP contribution in [-0.4, -0.2) is 34.1 Å². The number of carbonyl (C=O) groups excluding carboxylic acids is 1. The van der Waals surface area contributed by atoms with E-state index >= 15 is 0 Å². The van der Waals surface area contributed by atoms with Crippen LogP contribution in [0.15, 0.2) is 0 Å². The summed E-state index contributed by atoms with van der Waals surface area (Å²) < 4.78 is 0. The lowest BCUT2D eigenvalue weighted by Gasteiger charge is -2.26.